The highest BCUT2D eigenvalue weighted by Gasteiger charge is 2.21. The Morgan fingerprint density at radius 3 is 2.68 bits per heavy atom. The van der Waals surface area contributed by atoms with E-state index in [1.54, 1.807) is 7.11 Å². The second-order valence-corrected chi connectivity index (χ2v) is 5.37. The largest absolute Gasteiger partial charge is 0.497 e. The number of hydrogen-bond acceptors (Lipinski definition) is 4. The Balaban J connectivity index is 2.15. The first-order valence-electron chi connectivity index (χ1n) is 6.97. The number of methoxy groups -OCH3 is 1. The van der Waals surface area contributed by atoms with Gasteiger partial charge >= 0.3 is 0 Å². The molecule has 1 aromatic carbocycles. The fourth-order valence-electron chi connectivity index (χ4n) is 2.63. The van der Waals surface area contributed by atoms with Gasteiger partial charge in [-0.3, -0.25) is 0 Å². The molecular weight excluding hydrogens is 238 g/mol. The Bertz CT molecular complexity index is 377. The lowest BCUT2D eigenvalue weighted by Gasteiger charge is -2.33. The quantitative estimate of drug-likeness (QED) is 0.889. The van der Waals surface area contributed by atoms with Crippen LogP contribution in [0, 0.1) is 0 Å². The maximum Gasteiger partial charge on any atom is 0.119 e. The van der Waals surface area contributed by atoms with Crippen LogP contribution in [0.4, 0.5) is 5.69 Å². The number of hydrogen-bond donors (Lipinski definition) is 1. The molecule has 0 spiro atoms. The molecule has 1 heterocycles. The summed E-state index contributed by atoms with van der Waals surface area (Å²) in [6.45, 7) is 4.33. The van der Waals surface area contributed by atoms with E-state index >= 15 is 0 Å². The van der Waals surface area contributed by atoms with Crippen LogP contribution in [-0.4, -0.2) is 58.3 Å². The molecule has 1 atom stereocenters. The Hall–Kier alpha value is -1.26. The molecule has 1 aliphatic heterocycles. The van der Waals surface area contributed by atoms with Gasteiger partial charge in [0.1, 0.15) is 5.75 Å². The van der Waals surface area contributed by atoms with Gasteiger partial charge in [0.15, 0.2) is 0 Å². The fourth-order valence-corrected chi connectivity index (χ4v) is 2.63. The van der Waals surface area contributed by atoms with Crippen LogP contribution in [0.2, 0.25) is 0 Å². The molecule has 2 rings (SSSR count). The van der Waals surface area contributed by atoms with Crippen molar-refractivity contribution in [1.82, 2.24) is 10.2 Å². The molecule has 106 valence electrons. The average Bonchev–Trinajstić information content (AvgIpc) is 2.64. The number of benzene rings is 1. The molecule has 4 heteroatoms. The lowest BCUT2D eigenvalue weighted by atomic mass is 10.2. The van der Waals surface area contributed by atoms with Crippen molar-refractivity contribution in [1.29, 1.82) is 0 Å². The van der Waals surface area contributed by atoms with Crippen molar-refractivity contribution in [2.75, 3.05) is 52.3 Å². The van der Waals surface area contributed by atoms with E-state index in [1.165, 1.54) is 12.1 Å². The van der Waals surface area contributed by atoms with E-state index in [1.807, 2.05) is 12.1 Å². The van der Waals surface area contributed by atoms with E-state index in [0.29, 0.717) is 6.04 Å². The minimum atomic E-state index is 0.519. The van der Waals surface area contributed by atoms with E-state index < -0.39 is 0 Å². The van der Waals surface area contributed by atoms with Gasteiger partial charge in [0, 0.05) is 25.3 Å². The topological polar surface area (TPSA) is 27.7 Å². The van der Waals surface area contributed by atoms with Crippen molar-refractivity contribution in [2.45, 2.75) is 12.5 Å². The maximum atomic E-state index is 5.23. The smallest absolute Gasteiger partial charge is 0.119 e. The van der Waals surface area contributed by atoms with Gasteiger partial charge < -0.3 is 19.9 Å². The van der Waals surface area contributed by atoms with E-state index in [-0.39, 0.29) is 0 Å². The Morgan fingerprint density at radius 2 is 2.05 bits per heavy atom. The first-order chi connectivity index (χ1) is 9.20. The third-order valence-electron chi connectivity index (χ3n) is 3.55. The molecule has 0 bridgehead atoms. The summed E-state index contributed by atoms with van der Waals surface area (Å²) in [5, 5.41) is 3.53. The summed E-state index contributed by atoms with van der Waals surface area (Å²) >= 11 is 0. The van der Waals surface area contributed by atoms with Crippen molar-refractivity contribution in [3.63, 3.8) is 0 Å². The van der Waals surface area contributed by atoms with Crippen LogP contribution in [-0.2, 0) is 0 Å². The summed E-state index contributed by atoms with van der Waals surface area (Å²) in [7, 11) is 5.98. The summed E-state index contributed by atoms with van der Waals surface area (Å²) in [5.41, 5.74) is 1.29. The van der Waals surface area contributed by atoms with Crippen LogP contribution < -0.4 is 15.0 Å². The molecule has 0 radical (unpaired) electrons. The molecular formula is C15H25N3O. The number of ether oxygens (including phenoxy) is 1. The van der Waals surface area contributed by atoms with Crippen molar-refractivity contribution in [3.05, 3.63) is 24.3 Å². The van der Waals surface area contributed by atoms with Gasteiger partial charge in [0.05, 0.1) is 13.2 Å². The fraction of sp³-hybridized carbons (Fsp3) is 0.600. The predicted octanol–water partition coefficient (Wildman–Crippen LogP) is 1.43. The van der Waals surface area contributed by atoms with Crippen molar-refractivity contribution in [2.24, 2.45) is 0 Å². The third-order valence-corrected chi connectivity index (χ3v) is 3.55. The van der Waals surface area contributed by atoms with Gasteiger partial charge in [-0.05, 0) is 51.3 Å². The first-order valence-corrected chi connectivity index (χ1v) is 6.97. The minimum absolute atomic E-state index is 0.519. The highest BCUT2D eigenvalue weighted by atomic mass is 16.5. The first kappa shape index (κ1) is 14.2. The van der Waals surface area contributed by atoms with E-state index in [9.17, 15) is 0 Å². The minimum Gasteiger partial charge on any atom is -0.497 e. The highest BCUT2D eigenvalue weighted by molar-refractivity contribution is 5.50. The standard InChI is InChI=1S/C15H25N3O/c1-17(2)12-14-11-16-9-4-10-18(14)13-5-7-15(19-3)8-6-13/h5-8,14,16H,4,9-12H2,1-3H3. The molecule has 1 unspecified atom stereocenters. The zero-order valence-electron chi connectivity index (χ0n) is 12.2. The molecule has 4 nitrogen and oxygen atoms in total. The average molecular weight is 263 g/mol. The van der Waals surface area contributed by atoms with Crippen LogP contribution in [0.5, 0.6) is 5.75 Å². The molecule has 1 aromatic rings. The second-order valence-electron chi connectivity index (χ2n) is 5.37. The molecule has 0 aromatic heterocycles. The van der Waals surface area contributed by atoms with Crippen LogP contribution in [0.3, 0.4) is 0 Å². The summed E-state index contributed by atoms with van der Waals surface area (Å²) in [4.78, 5) is 4.77. The summed E-state index contributed by atoms with van der Waals surface area (Å²) < 4.78 is 5.23. The molecule has 19 heavy (non-hydrogen) atoms. The molecule has 1 saturated heterocycles. The van der Waals surface area contributed by atoms with Crippen LogP contribution >= 0.6 is 0 Å². The monoisotopic (exact) mass is 263 g/mol. The van der Waals surface area contributed by atoms with Gasteiger partial charge in [0.2, 0.25) is 0 Å². The molecule has 1 N–H and O–H groups in total. The maximum absolute atomic E-state index is 5.23. The van der Waals surface area contributed by atoms with Gasteiger partial charge in [-0.25, -0.2) is 0 Å². The predicted molar refractivity (Wildman–Crippen MR) is 80.2 cm³/mol. The zero-order valence-corrected chi connectivity index (χ0v) is 12.2. The zero-order chi connectivity index (χ0) is 13.7. The number of anilines is 1. The Morgan fingerprint density at radius 1 is 1.32 bits per heavy atom. The second kappa shape index (κ2) is 6.78. The number of nitrogens with one attached hydrogen (secondary N) is 1. The molecule has 1 aliphatic rings. The van der Waals surface area contributed by atoms with Gasteiger partial charge in [-0.15, -0.1) is 0 Å². The summed E-state index contributed by atoms with van der Waals surface area (Å²) in [6.07, 6.45) is 1.19. The van der Waals surface area contributed by atoms with Crippen LogP contribution in [0.15, 0.2) is 24.3 Å². The van der Waals surface area contributed by atoms with Crippen molar-refractivity contribution in [3.8, 4) is 5.75 Å². The van der Waals surface area contributed by atoms with Crippen molar-refractivity contribution < 1.29 is 4.74 Å². The molecule has 0 saturated carbocycles. The van der Waals surface area contributed by atoms with E-state index in [2.05, 4.69) is 41.3 Å². The van der Waals surface area contributed by atoms with Gasteiger partial charge in [0.25, 0.3) is 0 Å². The summed E-state index contributed by atoms with van der Waals surface area (Å²) in [6, 6.07) is 8.92. The van der Waals surface area contributed by atoms with Gasteiger partial charge in [-0.1, -0.05) is 0 Å². The molecule has 1 fully saturated rings. The SMILES string of the molecule is COc1ccc(N2CCCNCC2CN(C)C)cc1. The molecule has 0 aliphatic carbocycles. The molecule has 0 amide bonds. The lowest BCUT2D eigenvalue weighted by molar-refractivity contribution is 0.361. The van der Waals surface area contributed by atoms with E-state index in [4.69, 9.17) is 4.74 Å². The third kappa shape index (κ3) is 3.85. The highest BCUT2D eigenvalue weighted by Crippen LogP contribution is 2.22. The van der Waals surface area contributed by atoms with E-state index in [0.717, 1.165) is 31.9 Å². The number of rotatable bonds is 4. The normalized spacial score (nSPS) is 20.4. The Kier molecular flexibility index (Phi) is 5.05. The summed E-state index contributed by atoms with van der Waals surface area (Å²) in [5.74, 6) is 0.917. The van der Waals surface area contributed by atoms with Crippen LogP contribution in [0.25, 0.3) is 0 Å². The van der Waals surface area contributed by atoms with Crippen LogP contribution in [0.1, 0.15) is 6.42 Å². The van der Waals surface area contributed by atoms with Crippen molar-refractivity contribution >= 4 is 5.69 Å². The number of likely N-dealkylation sites (N-methyl/N-ethyl adjacent to an activating group) is 1. The Labute approximate surface area is 116 Å². The van der Waals surface area contributed by atoms with Gasteiger partial charge in [-0.2, -0.15) is 0 Å². The number of nitrogens with zero attached hydrogens (tertiary/aromatic N) is 2. The lowest BCUT2D eigenvalue weighted by Crippen LogP contribution is -2.46.